The van der Waals surface area contributed by atoms with Crippen molar-refractivity contribution in [3.8, 4) is 0 Å². The Morgan fingerprint density at radius 2 is 2.00 bits per heavy atom. The first-order valence-electron chi connectivity index (χ1n) is 6.34. The zero-order valence-corrected chi connectivity index (χ0v) is 11.0. The van der Waals surface area contributed by atoms with Crippen molar-refractivity contribution in [3.05, 3.63) is 0 Å². The molecule has 1 heterocycles. The third-order valence-corrected chi connectivity index (χ3v) is 3.18. The molecule has 0 radical (unpaired) electrons. The SMILES string of the molecule is CCCNC(C1CCC(C)O1)C(C)(C)C. The summed E-state index contributed by atoms with van der Waals surface area (Å²) in [5.74, 6) is 0. The highest BCUT2D eigenvalue weighted by atomic mass is 16.5. The molecule has 1 fully saturated rings. The van der Waals surface area contributed by atoms with Crippen LogP contribution in [0.2, 0.25) is 0 Å². The van der Waals surface area contributed by atoms with Gasteiger partial charge in [0.2, 0.25) is 0 Å². The second-order valence-corrected chi connectivity index (χ2v) is 5.86. The fourth-order valence-electron chi connectivity index (χ4n) is 2.37. The highest BCUT2D eigenvalue weighted by Crippen LogP contribution is 2.30. The van der Waals surface area contributed by atoms with Crippen LogP contribution in [0.5, 0.6) is 0 Å². The van der Waals surface area contributed by atoms with Crippen LogP contribution in [0.4, 0.5) is 0 Å². The van der Waals surface area contributed by atoms with E-state index in [1.807, 2.05) is 0 Å². The molecule has 2 heteroatoms. The number of nitrogens with one attached hydrogen (secondary N) is 1. The van der Waals surface area contributed by atoms with Gasteiger partial charge in [0.05, 0.1) is 12.2 Å². The third-order valence-electron chi connectivity index (χ3n) is 3.18. The summed E-state index contributed by atoms with van der Waals surface area (Å²) in [5, 5.41) is 3.65. The summed E-state index contributed by atoms with van der Waals surface area (Å²) >= 11 is 0. The summed E-state index contributed by atoms with van der Waals surface area (Å²) in [6.07, 6.45) is 4.47. The van der Waals surface area contributed by atoms with Gasteiger partial charge in [-0.3, -0.25) is 0 Å². The van der Waals surface area contributed by atoms with Gasteiger partial charge in [0.1, 0.15) is 0 Å². The minimum Gasteiger partial charge on any atom is -0.374 e. The van der Waals surface area contributed by atoms with Crippen LogP contribution in [0.15, 0.2) is 0 Å². The molecular weight excluding hydrogens is 186 g/mol. The Bertz CT molecular complexity index is 185. The van der Waals surface area contributed by atoms with Crippen molar-refractivity contribution >= 4 is 0 Å². The van der Waals surface area contributed by atoms with Gasteiger partial charge in [0.15, 0.2) is 0 Å². The summed E-state index contributed by atoms with van der Waals surface area (Å²) in [6, 6.07) is 0.488. The van der Waals surface area contributed by atoms with Crippen LogP contribution in [0.3, 0.4) is 0 Å². The second kappa shape index (κ2) is 5.31. The third kappa shape index (κ3) is 3.76. The molecule has 1 N–H and O–H groups in total. The van der Waals surface area contributed by atoms with E-state index in [-0.39, 0.29) is 5.41 Å². The van der Waals surface area contributed by atoms with Gasteiger partial charge in [0, 0.05) is 6.04 Å². The van der Waals surface area contributed by atoms with Crippen LogP contribution < -0.4 is 5.32 Å². The van der Waals surface area contributed by atoms with E-state index in [9.17, 15) is 0 Å². The maximum Gasteiger partial charge on any atom is 0.0737 e. The van der Waals surface area contributed by atoms with E-state index in [0.29, 0.717) is 18.2 Å². The number of hydrogen-bond acceptors (Lipinski definition) is 2. The second-order valence-electron chi connectivity index (χ2n) is 5.86. The van der Waals surface area contributed by atoms with E-state index >= 15 is 0 Å². The lowest BCUT2D eigenvalue weighted by Crippen LogP contribution is -2.49. The average Bonchev–Trinajstić information content (AvgIpc) is 2.50. The van der Waals surface area contributed by atoms with Gasteiger partial charge >= 0.3 is 0 Å². The van der Waals surface area contributed by atoms with Crippen LogP contribution in [-0.4, -0.2) is 24.8 Å². The van der Waals surface area contributed by atoms with E-state index < -0.39 is 0 Å². The normalized spacial score (nSPS) is 29.4. The molecule has 1 rings (SSSR count). The van der Waals surface area contributed by atoms with Crippen LogP contribution in [0, 0.1) is 5.41 Å². The fourth-order valence-corrected chi connectivity index (χ4v) is 2.37. The zero-order valence-electron chi connectivity index (χ0n) is 11.0. The molecule has 0 bridgehead atoms. The smallest absolute Gasteiger partial charge is 0.0737 e. The first-order chi connectivity index (χ1) is 6.95. The average molecular weight is 213 g/mol. The molecule has 0 spiro atoms. The van der Waals surface area contributed by atoms with Gasteiger partial charge in [-0.2, -0.15) is 0 Å². The van der Waals surface area contributed by atoms with Gasteiger partial charge in [-0.25, -0.2) is 0 Å². The van der Waals surface area contributed by atoms with E-state index in [4.69, 9.17) is 4.74 Å². The zero-order chi connectivity index (χ0) is 11.5. The Hall–Kier alpha value is -0.0800. The fraction of sp³-hybridized carbons (Fsp3) is 1.00. The van der Waals surface area contributed by atoms with Gasteiger partial charge in [-0.1, -0.05) is 27.7 Å². The Labute approximate surface area is 94.8 Å². The maximum absolute atomic E-state index is 5.98. The molecule has 0 aromatic rings. The quantitative estimate of drug-likeness (QED) is 0.775. The molecule has 0 amide bonds. The summed E-state index contributed by atoms with van der Waals surface area (Å²) in [6.45, 7) is 12.4. The highest BCUT2D eigenvalue weighted by Gasteiger charge is 2.36. The molecule has 15 heavy (non-hydrogen) atoms. The molecule has 3 unspecified atom stereocenters. The van der Waals surface area contributed by atoms with Gasteiger partial charge in [0.25, 0.3) is 0 Å². The largest absolute Gasteiger partial charge is 0.374 e. The van der Waals surface area contributed by atoms with E-state index in [1.54, 1.807) is 0 Å². The van der Waals surface area contributed by atoms with E-state index in [2.05, 4.69) is 39.9 Å². The Kier molecular flexibility index (Phi) is 4.60. The van der Waals surface area contributed by atoms with Crippen LogP contribution in [0.25, 0.3) is 0 Å². The molecule has 2 nitrogen and oxygen atoms in total. The first-order valence-corrected chi connectivity index (χ1v) is 6.34. The standard InChI is InChI=1S/C13H27NO/c1-6-9-14-12(13(3,4)5)11-8-7-10(2)15-11/h10-12,14H,6-9H2,1-5H3. The van der Waals surface area contributed by atoms with Crippen molar-refractivity contribution in [1.82, 2.24) is 5.32 Å². The minimum absolute atomic E-state index is 0.282. The molecule has 0 saturated carbocycles. The highest BCUT2D eigenvalue weighted by molar-refractivity contribution is 4.90. The Morgan fingerprint density at radius 1 is 1.33 bits per heavy atom. The summed E-state index contributed by atoms with van der Waals surface area (Å²) in [5.41, 5.74) is 0.282. The summed E-state index contributed by atoms with van der Waals surface area (Å²) < 4.78 is 5.98. The predicted molar refractivity (Wildman–Crippen MR) is 65.1 cm³/mol. The van der Waals surface area contributed by atoms with E-state index in [0.717, 1.165) is 6.54 Å². The number of rotatable bonds is 4. The van der Waals surface area contributed by atoms with Crippen molar-refractivity contribution in [3.63, 3.8) is 0 Å². The van der Waals surface area contributed by atoms with Gasteiger partial charge in [-0.15, -0.1) is 0 Å². The molecule has 90 valence electrons. The topological polar surface area (TPSA) is 21.3 Å². The molecule has 1 saturated heterocycles. The molecule has 1 aliphatic rings. The van der Waals surface area contributed by atoms with Crippen molar-refractivity contribution in [1.29, 1.82) is 0 Å². The van der Waals surface area contributed by atoms with Crippen molar-refractivity contribution in [2.75, 3.05) is 6.54 Å². The van der Waals surface area contributed by atoms with Crippen molar-refractivity contribution in [2.24, 2.45) is 5.41 Å². The van der Waals surface area contributed by atoms with E-state index in [1.165, 1.54) is 19.3 Å². The lowest BCUT2D eigenvalue weighted by Gasteiger charge is -2.36. The number of ether oxygens (including phenoxy) is 1. The monoisotopic (exact) mass is 213 g/mol. The lowest BCUT2D eigenvalue weighted by atomic mass is 9.82. The Balaban J connectivity index is 2.56. The molecule has 1 aliphatic heterocycles. The molecule has 3 atom stereocenters. The summed E-state index contributed by atoms with van der Waals surface area (Å²) in [4.78, 5) is 0. The lowest BCUT2D eigenvalue weighted by molar-refractivity contribution is 0.00406. The number of hydrogen-bond donors (Lipinski definition) is 1. The minimum atomic E-state index is 0.282. The van der Waals surface area contributed by atoms with Gasteiger partial charge in [-0.05, 0) is 38.1 Å². The van der Waals surface area contributed by atoms with Crippen molar-refractivity contribution in [2.45, 2.75) is 72.1 Å². The molecule has 0 aromatic carbocycles. The summed E-state index contributed by atoms with van der Waals surface area (Å²) in [7, 11) is 0. The van der Waals surface area contributed by atoms with Gasteiger partial charge < -0.3 is 10.1 Å². The van der Waals surface area contributed by atoms with Crippen LogP contribution in [0.1, 0.15) is 53.9 Å². The molecule has 0 aromatic heterocycles. The van der Waals surface area contributed by atoms with Crippen LogP contribution >= 0.6 is 0 Å². The van der Waals surface area contributed by atoms with Crippen LogP contribution in [-0.2, 0) is 4.74 Å². The molecule has 0 aliphatic carbocycles. The first kappa shape index (κ1) is 13.0. The molecular formula is C13H27NO. The van der Waals surface area contributed by atoms with Crippen molar-refractivity contribution < 1.29 is 4.74 Å². The Morgan fingerprint density at radius 3 is 2.40 bits per heavy atom. The predicted octanol–water partition coefficient (Wildman–Crippen LogP) is 2.97. The maximum atomic E-state index is 5.98.